The van der Waals surface area contributed by atoms with Crippen molar-refractivity contribution >= 4 is 11.3 Å². The molecule has 0 aromatic carbocycles. The molecular formula is C14H21N3OS. The Kier molecular flexibility index (Phi) is 4.06. The van der Waals surface area contributed by atoms with Gasteiger partial charge in [0.2, 0.25) is 5.89 Å². The van der Waals surface area contributed by atoms with Gasteiger partial charge < -0.3 is 9.73 Å². The third-order valence-electron chi connectivity index (χ3n) is 2.79. The molecule has 2 aromatic rings. The van der Waals surface area contributed by atoms with E-state index in [4.69, 9.17) is 4.42 Å². The molecule has 0 spiro atoms. The summed E-state index contributed by atoms with van der Waals surface area (Å²) in [6.45, 7) is 11.3. The molecule has 2 rings (SSSR count). The quantitative estimate of drug-likeness (QED) is 0.929. The van der Waals surface area contributed by atoms with E-state index in [0.29, 0.717) is 0 Å². The Morgan fingerprint density at radius 3 is 2.58 bits per heavy atom. The number of oxazole rings is 1. The van der Waals surface area contributed by atoms with Gasteiger partial charge in [0.05, 0.1) is 17.2 Å². The normalized spacial score (nSPS) is 13.7. The van der Waals surface area contributed by atoms with Gasteiger partial charge in [-0.1, -0.05) is 20.8 Å². The van der Waals surface area contributed by atoms with Gasteiger partial charge in [0.15, 0.2) is 0 Å². The molecule has 0 saturated heterocycles. The van der Waals surface area contributed by atoms with Crippen molar-refractivity contribution in [2.75, 3.05) is 0 Å². The van der Waals surface area contributed by atoms with Crippen LogP contribution in [0.2, 0.25) is 0 Å². The van der Waals surface area contributed by atoms with Crippen molar-refractivity contribution in [1.29, 1.82) is 0 Å². The smallest absolute Gasteiger partial charge is 0.211 e. The van der Waals surface area contributed by atoms with Gasteiger partial charge in [0.25, 0.3) is 0 Å². The van der Waals surface area contributed by atoms with Crippen LogP contribution in [0.25, 0.3) is 0 Å². The fourth-order valence-corrected chi connectivity index (χ4v) is 2.57. The molecule has 0 aliphatic rings. The molecule has 0 fully saturated rings. The van der Waals surface area contributed by atoms with Crippen molar-refractivity contribution < 1.29 is 4.42 Å². The molecule has 0 aliphatic heterocycles. The number of hydrogen-bond donors (Lipinski definition) is 1. The molecule has 104 valence electrons. The highest BCUT2D eigenvalue weighted by Gasteiger charge is 2.18. The molecule has 5 heteroatoms. The first-order valence-electron chi connectivity index (χ1n) is 6.47. The number of nitrogens with one attached hydrogen (secondary N) is 1. The Balaban J connectivity index is 1.94. The second-order valence-electron chi connectivity index (χ2n) is 5.79. The molecule has 1 unspecified atom stereocenters. The van der Waals surface area contributed by atoms with E-state index >= 15 is 0 Å². The number of thiazole rings is 1. The summed E-state index contributed by atoms with van der Waals surface area (Å²) in [6, 6.07) is 0.105. The monoisotopic (exact) mass is 279 g/mol. The average Bonchev–Trinajstić information content (AvgIpc) is 2.93. The highest BCUT2D eigenvalue weighted by molar-refractivity contribution is 7.11. The summed E-state index contributed by atoms with van der Waals surface area (Å²) >= 11 is 1.76. The van der Waals surface area contributed by atoms with Gasteiger partial charge in [-0.2, -0.15) is 0 Å². The average molecular weight is 279 g/mol. The Labute approximate surface area is 118 Å². The van der Waals surface area contributed by atoms with E-state index in [1.165, 1.54) is 9.88 Å². The predicted molar refractivity (Wildman–Crippen MR) is 77.3 cm³/mol. The molecule has 19 heavy (non-hydrogen) atoms. The van der Waals surface area contributed by atoms with E-state index in [1.54, 1.807) is 17.5 Å². The van der Waals surface area contributed by atoms with Crippen molar-refractivity contribution in [2.45, 2.75) is 52.6 Å². The van der Waals surface area contributed by atoms with Gasteiger partial charge in [0, 0.05) is 23.0 Å². The van der Waals surface area contributed by atoms with Crippen molar-refractivity contribution in [1.82, 2.24) is 15.3 Å². The van der Waals surface area contributed by atoms with Crippen LogP contribution in [0.4, 0.5) is 0 Å². The fourth-order valence-electron chi connectivity index (χ4n) is 1.65. The Morgan fingerprint density at radius 1 is 1.32 bits per heavy atom. The van der Waals surface area contributed by atoms with Gasteiger partial charge >= 0.3 is 0 Å². The molecule has 0 bridgehead atoms. The number of rotatable bonds is 4. The largest absolute Gasteiger partial charge is 0.444 e. The molecule has 1 N–H and O–H groups in total. The lowest BCUT2D eigenvalue weighted by molar-refractivity contribution is 0.403. The molecule has 0 amide bonds. The van der Waals surface area contributed by atoms with Crippen molar-refractivity contribution in [2.24, 2.45) is 0 Å². The third-order valence-corrected chi connectivity index (χ3v) is 4.21. The zero-order valence-corrected chi connectivity index (χ0v) is 13.0. The highest BCUT2D eigenvalue weighted by atomic mass is 32.1. The van der Waals surface area contributed by atoms with Gasteiger partial charge in [0.1, 0.15) is 5.76 Å². The summed E-state index contributed by atoms with van der Waals surface area (Å²) in [5.74, 6) is 1.58. The van der Waals surface area contributed by atoms with Gasteiger partial charge in [-0.15, -0.1) is 11.3 Å². The number of hydrogen-bond acceptors (Lipinski definition) is 5. The highest BCUT2D eigenvalue weighted by Crippen LogP contribution is 2.27. The molecule has 0 radical (unpaired) electrons. The van der Waals surface area contributed by atoms with Crippen LogP contribution in [0.5, 0.6) is 0 Å². The first-order valence-corrected chi connectivity index (χ1v) is 7.29. The first-order chi connectivity index (χ1) is 8.86. The molecule has 0 aliphatic carbocycles. The van der Waals surface area contributed by atoms with Crippen LogP contribution >= 0.6 is 11.3 Å². The Morgan fingerprint density at radius 2 is 2.05 bits per heavy atom. The SMILES string of the molecule is Cc1cnc(C(C)NCc2cnc(C(C)(C)C)s2)o1. The number of nitrogens with zero attached hydrogens (tertiary/aromatic N) is 2. The molecule has 2 heterocycles. The summed E-state index contributed by atoms with van der Waals surface area (Å²) < 4.78 is 5.51. The van der Waals surface area contributed by atoms with Gasteiger partial charge in [-0.25, -0.2) is 9.97 Å². The molecule has 4 nitrogen and oxygen atoms in total. The van der Waals surface area contributed by atoms with Crippen LogP contribution in [-0.4, -0.2) is 9.97 Å². The summed E-state index contributed by atoms with van der Waals surface area (Å²) in [4.78, 5) is 9.95. The van der Waals surface area contributed by atoms with Crippen LogP contribution in [0.15, 0.2) is 16.8 Å². The van der Waals surface area contributed by atoms with E-state index in [2.05, 4.69) is 43.0 Å². The maximum Gasteiger partial charge on any atom is 0.211 e. The number of aryl methyl sites for hydroxylation is 1. The molecule has 0 saturated carbocycles. The van der Waals surface area contributed by atoms with E-state index in [-0.39, 0.29) is 11.5 Å². The minimum atomic E-state index is 0.105. The maximum absolute atomic E-state index is 5.51. The Hall–Kier alpha value is -1.20. The summed E-state index contributed by atoms with van der Waals surface area (Å²) in [7, 11) is 0. The van der Waals surface area contributed by atoms with Crippen molar-refractivity contribution in [3.8, 4) is 0 Å². The predicted octanol–water partition coefficient (Wildman–Crippen LogP) is 3.59. The van der Waals surface area contributed by atoms with Gasteiger partial charge in [-0.3, -0.25) is 0 Å². The third kappa shape index (κ3) is 3.64. The van der Waals surface area contributed by atoms with E-state index in [0.717, 1.165) is 18.2 Å². The topological polar surface area (TPSA) is 51.0 Å². The van der Waals surface area contributed by atoms with E-state index < -0.39 is 0 Å². The lowest BCUT2D eigenvalue weighted by Crippen LogP contribution is -2.17. The summed E-state index contributed by atoms with van der Waals surface area (Å²) in [5.41, 5.74) is 0.119. The second kappa shape index (κ2) is 5.43. The molecule has 1 atom stereocenters. The number of aromatic nitrogens is 2. The standard InChI is InChI=1S/C14H21N3OS/c1-9-6-16-12(18-9)10(2)15-7-11-8-17-13(19-11)14(3,4)5/h6,8,10,15H,7H2,1-5H3. The summed E-state index contributed by atoms with van der Waals surface area (Å²) in [6.07, 6.45) is 3.70. The minimum absolute atomic E-state index is 0.105. The zero-order chi connectivity index (χ0) is 14.0. The second-order valence-corrected chi connectivity index (χ2v) is 6.91. The van der Waals surface area contributed by atoms with Crippen LogP contribution < -0.4 is 5.32 Å². The van der Waals surface area contributed by atoms with Gasteiger partial charge in [-0.05, 0) is 13.8 Å². The van der Waals surface area contributed by atoms with Crippen LogP contribution in [0.3, 0.4) is 0 Å². The summed E-state index contributed by atoms with van der Waals surface area (Å²) in [5, 5.41) is 4.58. The van der Waals surface area contributed by atoms with E-state index in [1.807, 2.05) is 13.1 Å². The first kappa shape index (κ1) is 14.2. The molecular weight excluding hydrogens is 258 g/mol. The van der Waals surface area contributed by atoms with Crippen molar-refractivity contribution in [3.05, 3.63) is 33.9 Å². The van der Waals surface area contributed by atoms with Crippen LogP contribution in [0.1, 0.15) is 55.3 Å². The van der Waals surface area contributed by atoms with Crippen molar-refractivity contribution in [3.63, 3.8) is 0 Å². The van der Waals surface area contributed by atoms with E-state index in [9.17, 15) is 0 Å². The Bertz CT molecular complexity index is 539. The fraction of sp³-hybridized carbons (Fsp3) is 0.571. The van der Waals surface area contributed by atoms with Crippen LogP contribution in [0, 0.1) is 6.92 Å². The van der Waals surface area contributed by atoms with Crippen LogP contribution in [-0.2, 0) is 12.0 Å². The maximum atomic E-state index is 5.51. The molecule has 2 aromatic heterocycles. The minimum Gasteiger partial charge on any atom is -0.444 e. The zero-order valence-electron chi connectivity index (χ0n) is 12.2. The lowest BCUT2D eigenvalue weighted by atomic mass is 9.98. The lowest BCUT2D eigenvalue weighted by Gasteiger charge is -2.13.